The minimum Gasteiger partial charge on any atom is -0.320 e. The van der Waals surface area contributed by atoms with Gasteiger partial charge in [-0.1, -0.05) is 23.7 Å². The number of nitrogens with one attached hydrogen (secondary N) is 2. The second-order valence-corrected chi connectivity index (χ2v) is 4.94. The van der Waals surface area contributed by atoms with Gasteiger partial charge in [-0.25, -0.2) is 9.18 Å². The smallest absolute Gasteiger partial charge is 0.320 e. The Bertz CT molecular complexity index is 840. The fourth-order valence-electron chi connectivity index (χ4n) is 2.14. The Labute approximate surface area is 118 Å². The minimum atomic E-state index is -0.479. The summed E-state index contributed by atoms with van der Waals surface area (Å²) < 4.78 is 13.2. The fourth-order valence-corrected chi connectivity index (χ4v) is 2.33. The normalized spacial score (nSPS) is 12.8. The van der Waals surface area contributed by atoms with Crippen LogP contribution in [0.15, 0.2) is 41.2 Å². The first-order valence-electron chi connectivity index (χ1n) is 5.97. The molecule has 1 heterocycles. The van der Waals surface area contributed by atoms with Gasteiger partial charge in [-0.3, -0.25) is 0 Å². The topological polar surface area (TPSA) is 74.7 Å². The van der Waals surface area contributed by atoms with Gasteiger partial charge in [0, 0.05) is 0 Å². The van der Waals surface area contributed by atoms with Gasteiger partial charge in [-0.2, -0.15) is 0 Å². The Kier molecular flexibility index (Phi) is 3.08. The summed E-state index contributed by atoms with van der Waals surface area (Å²) >= 11 is 5.76. The molecule has 1 aromatic heterocycles. The SMILES string of the molecule is NC(c1ccc(F)c(Cl)c1)c1ccc2[nH]c(=O)[nH]c2c1. The van der Waals surface area contributed by atoms with Gasteiger partial charge < -0.3 is 15.7 Å². The van der Waals surface area contributed by atoms with Crippen LogP contribution in [0, 0.1) is 5.82 Å². The molecule has 4 N–H and O–H groups in total. The lowest BCUT2D eigenvalue weighted by Crippen LogP contribution is -2.11. The number of hydrogen-bond acceptors (Lipinski definition) is 2. The third kappa shape index (κ3) is 2.21. The lowest BCUT2D eigenvalue weighted by Gasteiger charge is -2.13. The molecule has 0 radical (unpaired) electrons. The molecule has 1 atom stereocenters. The molecule has 3 aromatic rings. The number of imidazole rings is 1. The van der Waals surface area contributed by atoms with Crippen LogP contribution < -0.4 is 11.4 Å². The summed E-state index contributed by atoms with van der Waals surface area (Å²) in [5, 5.41) is 0.0362. The van der Waals surface area contributed by atoms with Crippen LogP contribution in [0.25, 0.3) is 11.0 Å². The summed E-state index contributed by atoms with van der Waals surface area (Å²) in [6.07, 6.45) is 0. The van der Waals surface area contributed by atoms with E-state index >= 15 is 0 Å². The zero-order chi connectivity index (χ0) is 14.3. The Morgan fingerprint density at radius 1 is 1.05 bits per heavy atom. The summed E-state index contributed by atoms with van der Waals surface area (Å²) in [6.45, 7) is 0. The van der Waals surface area contributed by atoms with Crippen molar-refractivity contribution in [3.63, 3.8) is 0 Å². The number of H-pyrrole nitrogens is 2. The molecule has 0 saturated heterocycles. The van der Waals surface area contributed by atoms with Crippen LogP contribution in [0.5, 0.6) is 0 Å². The number of halogens is 2. The van der Waals surface area contributed by atoms with Crippen LogP contribution >= 0.6 is 11.6 Å². The Balaban J connectivity index is 2.04. The molecule has 6 heteroatoms. The van der Waals surface area contributed by atoms with E-state index in [1.807, 2.05) is 6.07 Å². The molecule has 0 saturated carbocycles. The standard InChI is InChI=1S/C14H11ClFN3O/c15-9-5-7(1-3-10(9)16)13(17)8-2-4-11-12(6-8)19-14(20)18-11/h1-6,13H,17H2,(H2,18,19,20). The third-order valence-electron chi connectivity index (χ3n) is 3.20. The van der Waals surface area contributed by atoms with Gasteiger partial charge in [0.25, 0.3) is 0 Å². The molecule has 0 aliphatic heterocycles. The van der Waals surface area contributed by atoms with Crippen molar-refractivity contribution >= 4 is 22.6 Å². The summed E-state index contributed by atoms with van der Waals surface area (Å²) in [5.41, 5.74) is 8.77. The second-order valence-electron chi connectivity index (χ2n) is 4.54. The van der Waals surface area contributed by atoms with Crippen LogP contribution in [0.1, 0.15) is 17.2 Å². The lowest BCUT2D eigenvalue weighted by atomic mass is 9.99. The molecular formula is C14H11ClFN3O. The van der Waals surface area contributed by atoms with Gasteiger partial charge in [0.1, 0.15) is 5.82 Å². The highest BCUT2D eigenvalue weighted by Crippen LogP contribution is 2.25. The van der Waals surface area contributed by atoms with E-state index in [0.717, 1.165) is 5.56 Å². The predicted molar refractivity (Wildman–Crippen MR) is 76.4 cm³/mol. The molecular weight excluding hydrogens is 281 g/mol. The number of hydrogen-bond donors (Lipinski definition) is 3. The van der Waals surface area contributed by atoms with E-state index in [-0.39, 0.29) is 10.7 Å². The molecule has 0 amide bonds. The molecule has 4 nitrogen and oxygen atoms in total. The Morgan fingerprint density at radius 3 is 2.45 bits per heavy atom. The highest BCUT2D eigenvalue weighted by atomic mass is 35.5. The van der Waals surface area contributed by atoms with Crippen LogP contribution in [0.2, 0.25) is 5.02 Å². The molecule has 3 rings (SSSR count). The quantitative estimate of drug-likeness (QED) is 0.679. The monoisotopic (exact) mass is 291 g/mol. The van der Waals surface area contributed by atoms with Gasteiger partial charge in [-0.15, -0.1) is 0 Å². The average molecular weight is 292 g/mol. The number of rotatable bonds is 2. The molecule has 2 aromatic carbocycles. The van der Waals surface area contributed by atoms with Crippen LogP contribution in [0.3, 0.4) is 0 Å². The Morgan fingerprint density at radius 2 is 1.70 bits per heavy atom. The number of benzene rings is 2. The van der Waals surface area contributed by atoms with Crippen molar-refractivity contribution in [2.24, 2.45) is 5.73 Å². The molecule has 0 spiro atoms. The van der Waals surface area contributed by atoms with Gasteiger partial charge in [0.05, 0.1) is 22.1 Å². The molecule has 0 aliphatic carbocycles. The number of nitrogens with two attached hydrogens (primary N) is 1. The van der Waals surface area contributed by atoms with Crippen LogP contribution in [0.4, 0.5) is 4.39 Å². The first-order valence-corrected chi connectivity index (χ1v) is 6.35. The van der Waals surface area contributed by atoms with Crippen molar-refractivity contribution < 1.29 is 4.39 Å². The lowest BCUT2D eigenvalue weighted by molar-refractivity contribution is 0.627. The van der Waals surface area contributed by atoms with E-state index in [0.29, 0.717) is 16.6 Å². The zero-order valence-electron chi connectivity index (χ0n) is 10.3. The number of fused-ring (bicyclic) bond motifs is 1. The van der Waals surface area contributed by atoms with Crippen molar-refractivity contribution in [3.05, 3.63) is 68.8 Å². The van der Waals surface area contributed by atoms with E-state index in [2.05, 4.69) is 9.97 Å². The van der Waals surface area contributed by atoms with Crippen molar-refractivity contribution in [2.75, 3.05) is 0 Å². The van der Waals surface area contributed by atoms with Gasteiger partial charge in [-0.05, 0) is 35.4 Å². The molecule has 0 fully saturated rings. The van der Waals surface area contributed by atoms with Crippen molar-refractivity contribution in [2.45, 2.75) is 6.04 Å². The average Bonchev–Trinajstić information content (AvgIpc) is 2.80. The first kappa shape index (κ1) is 12.9. The highest BCUT2D eigenvalue weighted by Gasteiger charge is 2.12. The molecule has 0 aliphatic rings. The third-order valence-corrected chi connectivity index (χ3v) is 3.49. The van der Waals surface area contributed by atoms with Crippen LogP contribution in [-0.4, -0.2) is 9.97 Å². The van der Waals surface area contributed by atoms with E-state index in [1.165, 1.54) is 12.1 Å². The molecule has 20 heavy (non-hydrogen) atoms. The minimum absolute atomic E-state index is 0.0362. The van der Waals surface area contributed by atoms with Gasteiger partial charge >= 0.3 is 5.69 Å². The first-order chi connectivity index (χ1) is 9.54. The largest absolute Gasteiger partial charge is 0.323 e. The van der Waals surface area contributed by atoms with E-state index in [9.17, 15) is 9.18 Å². The maximum absolute atomic E-state index is 13.2. The van der Waals surface area contributed by atoms with E-state index in [4.69, 9.17) is 17.3 Å². The van der Waals surface area contributed by atoms with E-state index < -0.39 is 11.9 Å². The zero-order valence-corrected chi connectivity index (χ0v) is 11.0. The number of aromatic nitrogens is 2. The Hall–Kier alpha value is -2.11. The van der Waals surface area contributed by atoms with Gasteiger partial charge in [0.15, 0.2) is 0 Å². The maximum atomic E-state index is 13.2. The summed E-state index contributed by atoms with van der Waals surface area (Å²) in [6, 6.07) is 9.31. The molecule has 102 valence electrons. The summed E-state index contributed by atoms with van der Waals surface area (Å²) in [4.78, 5) is 16.6. The van der Waals surface area contributed by atoms with Crippen molar-refractivity contribution in [1.82, 2.24) is 9.97 Å². The summed E-state index contributed by atoms with van der Waals surface area (Å²) in [5.74, 6) is -0.479. The second kappa shape index (κ2) is 4.77. The highest BCUT2D eigenvalue weighted by molar-refractivity contribution is 6.30. The molecule has 0 bridgehead atoms. The van der Waals surface area contributed by atoms with Crippen molar-refractivity contribution in [1.29, 1.82) is 0 Å². The summed E-state index contributed by atoms with van der Waals surface area (Å²) in [7, 11) is 0. The van der Waals surface area contributed by atoms with Gasteiger partial charge in [0.2, 0.25) is 0 Å². The molecule has 1 unspecified atom stereocenters. The van der Waals surface area contributed by atoms with Crippen LogP contribution in [-0.2, 0) is 0 Å². The van der Waals surface area contributed by atoms with E-state index in [1.54, 1.807) is 18.2 Å². The van der Waals surface area contributed by atoms with Crippen molar-refractivity contribution in [3.8, 4) is 0 Å². The number of aromatic amines is 2. The fraction of sp³-hybridized carbons (Fsp3) is 0.0714. The maximum Gasteiger partial charge on any atom is 0.323 e. The predicted octanol–water partition coefficient (Wildman–Crippen LogP) is 2.70.